The van der Waals surface area contributed by atoms with Gasteiger partial charge in [0.25, 0.3) is 11.8 Å². The summed E-state index contributed by atoms with van der Waals surface area (Å²) in [6.45, 7) is 3.42. The van der Waals surface area contributed by atoms with E-state index in [0.717, 1.165) is 29.7 Å². The lowest BCUT2D eigenvalue weighted by molar-refractivity contribution is -0.149. The van der Waals surface area contributed by atoms with Gasteiger partial charge in [-0.25, -0.2) is 4.79 Å². The van der Waals surface area contributed by atoms with Crippen LogP contribution in [0.2, 0.25) is 0 Å². The number of anilines is 1. The van der Waals surface area contributed by atoms with Crippen molar-refractivity contribution in [1.82, 2.24) is 0 Å². The maximum absolute atomic E-state index is 12.1. The highest BCUT2D eigenvalue weighted by molar-refractivity contribution is 7.17. The number of rotatable bonds is 8. The summed E-state index contributed by atoms with van der Waals surface area (Å²) in [5.41, 5.74) is 7.93. The molecule has 8 heteroatoms. The topological polar surface area (TPSA) is 108 Å². The number of hydrogen-bond acceptors (Lipinski definition) is 6. The van der Waals surface area contributed by atoms with Crippen molar-refractivity contribution in [3.8, 4) is 5.75 Å². The van der Waals surface area contributed by atoms with Crippen LogP contribution < -0.4 is 15.8 Å². The minimum atomic E-state index is -0.656. The summed E-state index contributed by atoms with van der Waals surface area (Å²) in [5, 5.41) is 3.05. The van der Waals surface area contributed by atoms with Crippen molar-refractivity contribution < 1.29 is 23.9 Å². The minimum absolute atomic E-state index is 0.297. The van der Waals surface area contributed by atoms with E-state index in [1.54, 1.807) is 12.1 Å². The van der Waals surface area contributed by atoms with Crippen LogP contribution in [0.4, 0.5) is 5.00 Å². The maximum Gasteiger partial charge on any atom is 0.344 e. The fourth-order valence-corrected chi connectivity index (χ4v) is 4.51. The Bertz CT molecular complexity index is 918. The molecule has 1 aromatic carbocycles. The molecular weight excluding hydrogens is 392 g/mol. The van der Waals surface area contributed by atoms with Crippen LogP contribution in [0.1, 0.15) is 52.5 Å². The van der Waals surface area contributed by atoms with E-state index in [9.17, 15) is 14.4 Å². The fraction of sp³-hybridized carbons (Fsp3) is 0.381. The molecule has 0 unspecified atom stereocenters. The third-order valence-electron chi connectivity index (χ3n) is 4.69. The van der Waals surface area contributed by atoms with Crippen molar-refractivity contribution in [2.24, 2.45) is 5.73 Å². The van der Waals surface area contributed by atoms with Gasteiger partial charge in [0.1, 0.15) is 10.8 Å². The molecule has 2 amide bonds. The molecule has 0 fully saturated rings. The zero-order chi connectivity index (χ0) is 21.0. The first-order valence-electron chi connectivity index (χ1n) is 9.47. The Labute approximate surface area is 173 Å². The summed E-state index contributed by atoms with van der Waals surface area (Å²) in [5.74, 6) is -0.783. The lowest BCUT2D eigenvalue weighted by Gasteiger charge is -2.09. The molecule has 1 aliphatic rings. The zero-order valence-corrected chi connectivity index (χ0v) is 17.3. The van der Waals surface area contributed by atoms with Crippen molar-refractivity contribution in [2.45, 2.75) is 39.0 Å². The van der Waals surface area contributed by atoms with E-state index < -0.39 is 24.4 Å². The standard InChI is InChI=1S/C21H24N2O5S/c1-12(2)13-6-8-14(9-7-13)27-11-18(25)28-10-17(24)23-21-19(20(22)26)15-4-3-5-16(15)29-21/h6-9,12H,3-5,10-11H2,1-2H3,(H2,22,26)(H,23,24). The van der Waals surface area contributed by atoms with Gasteiger partial charge in [-0.3, -0.25) is 9.59 Å². The van der Waals surface area contributed by atoms with E-state index in [0.29, 0.717) is 22.2 Å². The highest BCUT2D eigenvalue weighted by atomic mass is 32.1. The minimum Gasteiger partial charge on any atom is -0.482 e. The predicted molar refractivity (Wildman–Crippen MR) is 110 cm³/mol. The lowest BCUT2D eigenvalue weighted by Crippen LogP contribution is -2.24. The Morgan fingerprint density at radius 2 is 1.86 bits per heavy atom. The zero-order valence-electron chi connectivity index (χ0n) is 16.4. The van der Waals surface area contributed by atoms with E-state index in [1.807, 2.05) is 12.1 Å². The van der Waals surface area contributed by atoms with E-state index >= 15 is 0 Å². The molecule has 0 atom stereocenters. The number of carbonyl (C=O) groups excluding carboxylic acids is 3. The van der Waals surface area contributed by atoms with Crippen molar-refractivity contribution in [2.75, 3.05) is 18.5 Å². The molecule has 0 bridgehead atoms. The second-order valence-electron chi connectivity index (χ2n) is 7.15. The fourth-order valence-electron chi connectivity index (χ4n) is 3.19. The third kappa shape index (κ3) is 5.14. The van der Waals surface area contributed by atoms with Crippen LogP contribution >= 0.6 is 11.3 Å². The summed E-state index contributed by atoms with van der Waals surface area (Å²) in [6.07, 6.45) is 2.64. The molecule has 3 rings (SSSR count). The molecule has 0 radical (unpaired) electrons. The molecule has 0 spiro atoms. The van der Waals surface area contributed by atoms with Gasteiger partial charge in [0, 0.05) is 4.88 Å². The van der Waals surface area contributed by atoms with Crippen LogP contribution in [0.25, 0.3) is 0 Å². The molecule has 2 aromatic rings. The molecule has 7 nitrogen and oxygen atoms in total. The molecule has 29 heavy (non-hydrogen) atoms. The van der Waals surface area contributed by atoms with Gasteiger partial charge < -0.3 is 20.5 Å². The number of hydrogen-bond donors (Lipinski definition) is 2. The van der Waals surface area contributed by atoms with Gasteiger partial charge in [0.15, 0.2) is 13.2 Å². The molecule has 154 valence electrons. The molecule has 1 heterocycles. The molecule has 3 N–H and O–H groups in total. The van der Waals surface area contributed by atoms with E-state index in [-0.39, 0.29) is 6.61 Å². The molecule has 0 saturated heterocycles. The highest BCUT2D eigenvalue weighted by Crippen LogP contribution is 2.38. The van der Waals surface area contributed by atoms with Crippen molar-refractivity contribution >= 4 is 34.1 Å². The SMILES string of the molecule is CC(C)c1ccc(OCC(=O)OCC(=O)Nc2sc3c(c2C(N)=O)CCC3)cc1. The smallest absolute Gasteiger partial charge is 0.344 e. The number of amides is 2. The number of nitrogens with two attached hydrogens (primary N) is 1. The molecule has 0 aliphatic heterocycles. The normalized spacial score (nSPS) is 12.5. The van der Waals surface area contributed by atoms with Crippen LogP contribution in [0.5, 0.6) is 5.75 Å². The largest absolute Gasteiger partial charge is 0.482 e. The van der Waals surface area contributed by atoms with Gasteiger partial charge in [0.2, 0.25) is 0 Å². The summed E-state index contributed by atoms with van der Waals surface area (Å²) in [7, 11) is 0. The van der Waals surface area contributed by atoms with Gasteiger partial charge in [-0.15, -0.1) is 11.3 Å². The van der Waals surface area contributed by atoms with Gasteiger partial charge in [-0.1, -0.05) is 26.0 Å². The average Bonchev–Trinajstić information content (AvgIpc) is 3.25. The molecule has 0 saturated carbocycles. The predicted octanol–water partition coefficient (Wildman–Crippen LogP) is 3.02. The number of fused-ring (bicyclic) bond motifs is 1. The number of thiophene rings is 1. The Morgan fingerprint density at radius 1 is 1.14 bits per heavy atom. The Kier molecular flexibility index (Phi) is 6.53. The number of benzene rings is 1. The van der Waals surface area contributed by atoms with Gasteiger partial charge in [-0.05, 0) is 48.4 Å². The van der Waals surface area contributed by atoms with Crippen molar-refractivity contribution in [3.63, 3.8) is 0 Å². The van der Waals surface area contributed by atoms with Gasteiger partial charge in [0.05, 0.1) is 5.56 Å². The van der Waals surface area contributed by atoms with E-state index in [4.69, 9.17) is 15.2 Å². The van der Waals surface area contributed by atoms with Crippen LogP contribution in [-0.2, 0) is 27.2 Å². The molecular formula is C21H24N2O5S. The van der Waals surface area contributed by atoms with E-state index in [1.165, 1.54) is 16.9 Å². The van der Waals surface area contributed by atoms with Crippen LogP contribution in [0, 0.1) is 0 Å². The molecule has 1 aromatic heterocycles. The Balaban J connectivity index is 1.47. The summed E-state index contributed by atoms with van der Waals surface area (Å²) in [4.78, 5) is 36.8. The first kappa shape index (κ1) is 20.9. The van der Waals surface area contributed by atoms with Gasteiger partial charge >= 0.3 is 5.97 Å². The van der Waals surface area contributed by atoms with Crippen LogP contribution in [0.15, 0.2) is 24.3 Å². The second-order valence-corrected chi connectivity index (χ2v) is 8.25. The number of carbonyl (C=O) groups is 3. The monoisotopic (exact) mass is 416 g/mol. The Hall–Kier alpha value is -2.87. The summed E-state index contributed by atoms with van der Waals surface area (Å²) in [6, 6.07) is 7.45. The number of esters is 1. The maximum atomic E-state index is 12.1. The first-order chi connectivity index (χ1) is 13.8. The second kappa shape index (κ2) is 9.09. The summed E-state index contributed by atoms with van der Waals surface area (Å²) >= 11 is 1.35. The molecule has 1 aliphatic carbocycles. The van der Waals surface area contributed by atoms with Gasteiger partial charge in [-0.2, -0.15) is 0 Å². The first-order valence-corrected chi connectivity index (χ1v) is 10.3. The highest BCUT2D eigenvalue weighted by Gasteiger charge is 2.26. The van der Waals surface area contributed by atoms with E-state index in [2.05, 4.69) is 19.2 Å². The van der Waals surface area contributed by atoms with Crippen LogP contribution in [0.3, 0.4) is 0 Å². The number of primary amides is 1. The third-order valence-corrected chi connectivity index (χ3v) is 5.90. The number of nitrogens with one attached hydrogen (secondary N) is 1. The average molecular weight is 416 g/mol. The van der Waals surface area contributed by atoms with Crippen molar-refractivity contribution in [1.29, 1.82) is 0 Å². The quantitative estimate of drug-likeness (QED) is 0.643. The van der Waals surface area contributed by atoms with Crippen molar-refractivity contribution in [3.05, 3.63) is 45.8 Å². The van der Waals surface area contributed by atoms with Crippen LogP contribution in [-0.4, -0.2) is 31.0 Å². The lowest BCUT2D eigenvalue weighted by atomic mass is 10.0. The summed E-state index contributed by atoms with van der Waals surface area (Å²) < 4.78 is 10.3. The number of ether oxygens (including phenoxy) is 2. The Morgan fingerprint density at radius 3 is 2.52 bits per heavy atom. The number of aryl methyl sites for hydroxylation is 1.